The Morgan fingerprint density at radius 2 is 1.88 bits per heavy atom. The first-order valence-electron chi connectivity index (χ1n) is 9.52. The number of likely N-dealkylation sites (tertiary alicyclic amines) is 1. The van der Waals surface area contributed by atoms with Crippen LogP contribution in [0.15, 0.2) is 24.3 Å². The lowest BCUT2D eigenvalue weighted by atomic mass is 10.1. The number of aryl methyl sites for hydroxylation is 1. The number of carboxylic acid groups (broad SMARTS) is 1. The first-order chi connectivity index (χ1) is 12.5. The Balaban J connectivity index is 1.48. The quantitative estimate of drug-likeness (QED) is 0.862. The highest BCUT2D eigenvalue weighted by Gasteiger charge is 2.30. The van der Waals surface area contributed by atoms with Gasteiger partial charge in [-0.3, -0.25) is 19.4 Å². The Morgan fingerprint density at radius 3 is 2.62 bits per heavy atom. The number of amides is 1. The number of carboxylic acids is 1. The lowest BCUT2D eigenvalue weighted by Crippen LogP contribution is -2.41. The van der Waals surface area contributed by atoms with Crippen molar-refractivity contribution in [2.45, 2.75) is 26.3 Å². The summed E-state index contributed by atoms with van der Waals surface area (Å²) in [7, 11) is 0. The standard InChI is InChI=1S/C20H29N3O3/c1-16-5-2-3-6-17(16)13-21-8-4-9-23(12-11-21)19(24)15-22-10-7-18(14-22)20(25)26/h2-3,5-6,18H,4,7-15H2,1H3,(H,25,26). The number of rotatable bonds is 5. The molecule has 0 radical (unpaired) electrons. The van der Waals surface area contributed by atoms with E-state index in [0.29, 0.717) is 26.1 Å². The van der Waals surface area contributed by atoms with Gasteiger partial charge in [0.2, 0.25) is 5.91 Å². The van der Waals surface area contributed by atoms with Gasteiger partial charge in [-0.25, -0.2) is 0 Å². The summed E-state index contributed by atoms with van der Waals surface area (Å²) in [5.74, 6) is -0.938. The highest BCUT2D eigenvalue weighted by Crippen LogP contribution is 2.17. The number of carbonyl (C=O) groups excluding carboxylic acids is 1. The second-order valence-electron chi connectivity index (χ2n) is 7.50. The zero-order valence-corrected chi connectivity index (χ0v) is 15.6. The zero-order chi connectivity index (χ0) is 18.5. The minimum Gasteiger partial charge on any atom is -0.481 e. The van der Waals surface area contributed by atoms with Gasteiger partial charge < -0.3 is 10.0 Å². The van der Waals surface area contributed by atoms with Crippen LogP contribution in [0.4, 0.5) is 0 Å². The van der Waals surface area contributed by atoms with Crippen LogP contribution >= 0.6 is 0 Å². The van der Waals surface area contributed by atoms with E-state index in [1.165, 1.54) is 11.1 Å². The largest absolute Gasteiger partial charge is 0.481 e. The minimum absolute atomic E-state index is 0.133. The van der Waals surface area contributed by atoms with E-state index in [2.05, 4.69) is 36.1 Å². The Bertz CT molecular complexity index is 649. The van der Waals surface area contributed by atoms with Crippen LogP contribution in [0, 0.1) is 12.8 Å². The van der Waals surface area contributed by atoms with Gasteiger partial charge in [-0.15, -0.1) is 0 Å². The fourth-order valence-electron chi connectivity index (χ4n) is 3.88. The number of nitrogens with zero attached hydrogens (tertiary/aromatic N) is 3. The van der Waals surface area contributed by atoms with Crippen molar-refractivity contribution in [3.05, 3.63) is 35.4 Å². The topological polar surface area (TPSA) is 64.1 Å². The second-order valence-corrected chi connectivity index (χ2v) is 7.50. The van der Waals surface area contributed by atoms with Crippen molar-refractivity contribution in [1.29, 1.82) is 0 Å². The SMILES string of the molecule is Cc1ccccc1CN1CCCN(C(=O)CN2CCC(C(=O)O)C2)CC1. The summed E-state index contributed by atoms with van der Waals surface area (Å²) in [6.45, 7) is 8.05. The predicted octanol–water partition coefficient (Wildman–Crippen LogP) is 1.44. The molecule has 2 heterocycles. The molecule has 0 bridgehead atoms. The van der Waals surface area contributed by atoms with Gasteiger partial charge in [-0.05, 0) is 37.4 Å². The molecular formula is C20H29N3O3. The average molecular weight is 359 g/mol. The van der Waals surface area contributed by atoms with E-state index in [-0.39, 0.29) is 11.8 Å². The molecule has 1 amide bonds. The van der Waals surface area contributed by atoms with Crippen LogP contribution in [-0.2, 0) is 16.1 Å². The van der Waals surface area contributed by atoms with E-state index in [1.807, 2.05) is 9.80 Å². The third-order valence-electron chi connectivity index (χ3n) is 5.58. The maximum Gasteiger partial charge on any atom is 0.307 e. The van der Waals surface area contributed by atoms with Crippen molar-refractivity contribution in [3.8, 4) is 0 Å². The van der Waals surface area contributed by atoms with Crippen LogP contribution in [-0.4, -0.2) is 77.5 Å². The lowest BCUT2D eigenvalue weighted by Gasteiger charge is -2.24. The molecule has 142 valence electrons. The molecule has 1 aromatic rings. The third-order valence-corrected chi connectivity index (χ3v) is 5.58. The molecule has 2 saturated heterocycles. The van der Waals surface area contributed by atoms with Crippen molar-refractivity contribution >= 4 is 11.9 Å². The van der Waals surface area contributed by atoms with Gasteiger partial charge >= 0.3 is 5.97 Å². The first-order valence-corrected chi connectivity index (χ1v) is 9.52. The Hall–Kier alpha value is -1.92. The molecule has 0 aliphatic carbocycles. The van der Waals surface area contributed by atoms with Crippen LogP contribution in [0.3, 0.4) is 0 Å². The molecule has 2 aliphatic rings. The summed E-state index contributed by atoms with van der Waals surface area (Å²) in [6, 6.07) is 8.46. The van der Waals surface area contributed by atoms with E-state index in [0.717, 1.165) is 39.1 Å². The second kappa shape index (κ2) is 8.64. The molecule has 6 nitrogen and oxygen atoms in total. The Morgan fingerprint density at radius 1 is 1.08 bits per heavy atom. The monoisotopic (exact) mass is 359 g/mol. The normalized spacial score (nSPS) is 22.3. The molecule has 2 aliphatic heterocycles. The lowest BCUT2D eigenvalue weighted by molar-refractivity contribution is -0.141. The van der Waals surface area contributed by atoms with E-state index in [9.17, 15) is 9.59 Å². The number of carbonyl (C=O) groups is 2. The fraction of sp³-hybridized carbons (Fsp3) is 0.600. The molecule has 0 spiro atoms. The summed E-state index contributed by atoms with van der Waals surface area (Å²) in [5.41, 5.74) is 2.66. The van der Waals surface area contributed by atoms with Crippen LogP contribution in [0.25, 0.3) is 0 Å². The van der Waals surface area contributed by atoms with E-state index >= 15 is 0 Å². The summed E-state index contributed by atoms with van der Waals surface area (Å²) in [6.07, 6.45) is 1.63. The molecule has 1 aromatic carbocycles. The van der Waals surface area contributed by atoms with Crippen LogP contribution in [0.5, 0.6) is 0 Å². The molecule has 0 saturated carbocycles. The molecule has 1 atom stereocenters. The molecule has 26 heavy (non-hydrogen) atoms. The molecular weight excluding hydrogens is 330 g/mol. The molecule has 0 aromatic heterocycles. The van der Waals surface area contributed by atoms with Gasteiger partial charge in [-0.2, -0.15) is 0 Å². The van der Waals surface area contributed by atoms with Gasteiger partial charge in [0.1, 0.15) is 0 Å². The van der Waals surface area contributed by atoms with Crippen molar-refractivity contribution in [1.82, 2.24) is 14.7 Å². The number of hydrogen-bond acceptors (Lipinski definition) is 4. The predicted molar refractivity (Wildman–Crippen MR) is 99.8 cm³/mol. The average Bonchev–Trinajstić information content (AvgIpc) is 2.95. The van der Waals surface area contributed by atoms with Crippen LogP contribution < -0.4 is 0 Å². The molecule has 1 unspecified atom stereocenters. The molecule has 1 N–H and O–H groups in total. The number of hydrogen-bond donors (Lipinski definition) is 1. The van der Waals surface area contributed by atoms with E-state index < -0.39 is 5.97 Å². The van der Waals surface area contributed by atoms with Gasteiger partial charge in [-0.1, -0.05) is 24.3 Å². The minimum atomic E-state index is -0.749. The highest BCUT2D eigenvalue weighted by molar-refractivity contribution is 5.78. The smallest absolute Gasteiger partial charge is 0.307 e. The highest BCUT2D eigenvalue weighted by atomic mass is 16.4. The van der Waals surface area contributed by atoms with Crippen molar-refractivity contribution < 1.29 is 14.7 Å². The summed E-state index contributed by atoms with van der Waals surface area (Å²) >= 11 is 0. The van der Waals surface area contributed by atoms with Crippen molar-refractivity contribution in [3.63, 3.8) is 0 Å². The molecule has 3 rings (SSSR count). The van der Waals surface area contributed by atoms with Crippen LogP contribution in [0.2, 0.25) is 0 Å². The number of aliphatic carboxylic acids is 1. The Labute approximate surface area is 155 Å². The first kappa shape index (κ1) is 18.9. The van der Waals surface area contributed by atoms with Crippen molar-refractivity contribution in [2.75, 3.05) is 45.8 Å². The van der Waals surface area contributed by atoms with E-state index in [1.54, 1.807) is 0 Å². The fourth-order valence-corrected chi connectivity index (χ4v) is 3.88. The molecule has 6 heteroatoms. The summed E-state index contributed by atoms with van der Waals surface area (Å²) in [4.78, 5) is 30.0. The third kappa shape index (κ3) is 4.83. The molecule has 2 fully saturated rings. The van der Waals surface area contributed by atoms with Crippen molar-refractivity contribution in [2.24, 2.45) is 5.92 Å². The maximum absolute atomic E-state index is 12.6. The summed E-state index contributed by atoms with van der Waals surface area (Å²) in [5, 5.41) is 9.09. The Kier molecular flexibility index (Phi) is 6.27. The number of benzene rings is 1. The zero-order valence-electron chi connectivity index (χ0n) is 15.6. The van der Waals surface area contributed by atoms with E-state index in [4.69, 9.17) is 5.11 Å². The summed E-state index contributed by atoms with van der Waals surface area (Å²) < 4.78 is 0. The van der Waals surface area contributed by atoms with Gasteiger partial charge in [0, 0.05) is 39.3 Å². The van der Waals surface area contributed by atoms with Gasteiger partial charge in [0.05, 0.1) is 12.5 Å². The van der Waals surface area contributed by atoms with Gasteiger partial charge in [0.15, 0.2) is 0 Å². The van der Waals surface area contributed by atoms with Crippen LogP contribution in [0.1, 0.15) is 24.0 Å². The maximum atomic E-state index is 12.6. The van der Waals surface area contributed by atoms with Gasteiger partial charge in [0.25, 0.3) is 0 Å².